The van der Waals surface area contributed by atoms with Crippen molar-refractivity contribution in [1.29, 1.82) is 0 Å². The van der Waals surface area contributed by atoms with Crippen LogP contribution in [0.15, 0.2) is 6.20 Å². The van der Waals surface area contributed by atoms with Crippen LogP contribution in [0.1, 0.15) is 25.1 Å². The third-order valence-electron chi connectivity index (χ3n) is 2.53. The number of ether oxygens (including phenoxy) is 1. The van der Waals surface area contributed by atoms with Crippen molar-refractivity contribution in [2.75, 3.05) is 13.2 Å². The lowest BCUT2D eigenvalue weighted by atomic mass is 10.2. The van der Waals surface area contributed by atoms with E-state index < -0.39 is 25.0 Å². The molecule has 9 heteroatoms. The minimum atomic E-state index is -4.19. The second kappa shape index (κ2) is 7.24. The van der Waals surface area contributed by atoms with Crippen molar-refractivity contribution >= 4 is 11.6 Å². The SMILES string of the molecule is CCCn1ncc(Cl)c1C(N)COCC(F)(F)C(F)F. The molecule has 116 valence electrons. The number of aryl methyl sites for hydroxylation is 1. The molecule has 1 aromatic rings. The summed E-state index contributed by atoms with van der Waals surface area (Å²) in [5, 5.41) is 4.28. The van der Waals surface area contributed by atoms with Crippen LogP contribution in [0.5, 0.6) is 0 Å². The Morgan fingerprint density at radius 3 is 2.70 bits per heavy atom. The van der Waals surface area contributed by atoms with E-state index in [9.17, 15) is 17.6 Å². The minimum Gasteiger partial charge on any atom is -0.373 e. The molecule has 1 heterocycles. The molecule has 2 N–H and O–H groups in total. The average molecular weight is 318 g/mol. The van der Waals surface area contributed by atoms with Gasteiger partial charge in [-0.3, -0.25) is 4.68 Å². The molecule has 0 aliphatic rings. The molecule has 4 nitrogen and oxygen atoms in total. The van der Waals surface area contributed by atoms with Gasteiger partial charge in [0, 0.05) is 6.54 Å². The van der Waals surface area contributed by atoms with Crippen molar-refractivity contribution in [2.24, 2.45) is 5.73 Å². The van der Waals surface area contributed by atoms with E-state index in [0.717, 1.165) is 6.42 Å². The molecule has 0 radical (unpaired) electrons. The highest BCUT2D eigenvalue weighted by molar-refractivity contribution is 6.31. The molecular formula is C11H16ClF4N3O. The van der Waals surface area contributed by atoms with Gasteiger partial charge >= 0.3 is 12.3 Å². The van der Waals surface area contributed by atoms with Crippen molar-refractivity contribution in [2.45, 2.75) is 38.3 Å². The Kier molecular flexibility index (Phi) is 6.22. The number of nitrogens with zero attached hydrogens (tertiary/aromatic N) is 2. The van der Waals surface area contributed by atoms with Gasteiger partial charge in [0.25, 0.3) is 0 Å². The highest BCUT2D eigenvalue weighted by Crippen LogP contribution is 2.25. The van der Waals surface area contributed by atoms with Gasteiger partial charge in [0.05, 0.1) is 29.6 Å². The fraction of sp³-hybridized carbons (Fsp3) is 0.727. The molecular weight excluding hydrogens is 302 g/mol. The first-order valence-electron chi connectivity index (χ1n) is 6.00. The first-order valence-corrected chi connectivity index (χ1v) is 6.37. The van der Waals surface area contributed by atoms with E-state index in [1.165, 1.54) is 6.20 Å². The normalized spacial score (nSPS) is 14.0. The molecule has 0 aliphatic heterocycles. The molecule has 0 aliphatic carbocycles. The maximum atomic E-state index is 12.7. The Morgan fingerprint density at radius 1 is 1.50 bits per heavy atom. The third kappa shape index (κ3) is 4.32. The van der Waals surface area contributed by atoms with Crippen LogP contribution >= 0.6 is 11.6 Å². The number of halogens is 5. The topological polar surface area (TPSA) is 53.1 Å². The van der Waals surface area contributed by atoms with Crippen LogP contribution in [0.2, 0.25) is 5.02 Å². The van der Waals surface area contributed by atoms with Crippen molar-refractivity contribution in [3.05, 3.63) is 16.9 Å². The summed E-state index contributed by atoms with van der Waals surface area (Å²) >= 11 is 5.91. The zero-order valence-electron chi connectivity index (χ0n) is 10.8. The van der Waals surface area contributed by atoms with E-state index in [4.69, 9.17) is 17.3 Å². The number of nitrogens with two attached hydrogens (primary N) is 1. The van der Waals surface area contributed by atoms with E-state index in [1.807, 2.05) is 6.92 Å². The monoisotopic (exact) mass is 317 g/mol. The fourth-order valence-corrected chi connectivity index (χ4v) is 1.88. The second-order valence-electron chi connectivity index (χ2n) is 4.28. The van der Waals surface area contributed by atoms with Crippen LogP contribution in [-0.2, 0) is 11.3 Å². The summed E-state index contributed by atoms with van der Waals surface area (Å²) in [4.78, 5) is 0. The van der Waals surface area contributed by atoms with Crippen molar-refractivity contribution in [3.8, 4) is 0 Å². The van der Waals surface area contributed by atoms with Crippen molar-refractivity contribution in [3.63, 3.8) is 0 Å². The summed E-state index contributed by atoms with van der Waals surface area (Å²) in [7, 11) is 0. The molecule has 0 saturated heterocycles. The lowest BCUT2D eigenvalue weighted by Crippen LogP contribution is -2.34. The largest absolute Gasteiger partial charge is 0.373 e. The van der Waals surface area contributed by atoms with Gasteiger partial charge in [-0.2, -0.15) is 13.9 Å². The molecule has 0 bridgehead atoms. The number of hydrogen-bond donors (Lipinski definition) is 1. The smallest absolute Gasteiger partial charge is 0.330 e. The van der Waals surface area contributed by atoms with Crippen LogP contribution in [0.3, 0.4) is 0 Å². The van der Waals surface area contributed by atoms with Gasteiger partial charge in [0.15, 0.2) is 0 Å². The Balaban J connectivity index is 2.59. The number of alkyl halides is 4. The maximum absolute atomic E-state index is 12.7. The quantitative estimate of drug-likeness (QED) is 0.750. The maximum Gasteiger partial charge on any atom is 0.330 e. The van der Waals surface area contributed by atoms with Crippen molar-refractivity contribution in [1.82, 2.24) is 9.78 Å². The van der Waals surface area contributed by atoms with Crippen LogP contribution < -0.4 is 5.73 Å². The Bertz CT molecular complexity index is 428. The van der Waals surface area contributed by atoms with Crippen LogP contribution in [-0.4, -0.2) is 35.3 Å². The molecule has 1 atom stereocenters. The summed E-state index contributed by atoms with van der Waals surface area (Å²) in [5.74, 6) is -4.19. The van der Waals surface area contributed by atoms with Gasteiger partial charge < -0.3 is 10.5 Å². The van der Waals surface area contributed by atoms with Gasteiger partial charge in [-0.1, -0.05) is 18.5 Å². The van der Waals surface area contributed by atoms with E-state index in [2.05, 4.69) is 9.84 Å². The van der Waals surface area contributed by atoms with E-state index in [1.54, 1.807) is 4.68 Å². The van der Waals surface area contributed by atoms with E-state index in [-0.39, 0.29) is 11.6 Å². The standard InChI is InChI=1S/C11H16ClF4N3O/c1-2-3-19-9(7(12)4-18-19)8(17)5-20-6-11(15,16)10(13)14/h4,8,10H,2-3,5-6,17H2,1H3. The lowest BCUT2D eigenvalue weighted by Gasteiger charge is -2.18. The summed E-state index contributed by atoms with van der Waals surface area (Å²) < 4.78 is 55.3. The predicted octanol–water partition coefficient (Wildman–Crippen LogP) is 2.86. The van der Waals surface area contributed by atoms with Gasteiger partial charge in [-0.25, -0.2) is 8.78 Å². The lowest BCUT2D eigenvalue weighted by molar-refractivity contribution is -0.166. The summed E-state index contributed by atoms with van der Waals surface area (Å²) in [6, 6.07) is -0.815. The second-order valence-corrected chi connectivity index (χ2v) is 4.69. The number of aromatic nitrogens is 2. The zero-order chi connectivity index (χ0) is 15.3. The molecule has 0 saturated carbocycles. The summed E-state index contributed by atoms with van der Waals surface area (Å²) in [6.45, 7) is 0.739. The first kappa shape index (κ1) is 17.2. The van der Waals surface area contributed by atoms with Gasteiger partial charge in [0.1, 0.15) is 6.61 Å². The van der Waals surface area contributed by atoms with E-state index >= 15 is 0 Å². The minimum absolute atomic E-state index is 0.287. The first-order chi connectivity index (χ1) is 9.29. The molecule has 0 amide bonds. The molecule has 1 rings (SSSR count). The molecule has 0 fully saturated rings. The molecule has 0 aromatic carbocycles. The van der Waals surface area contributed by atoms with Crippen LogP contribution in [0.4, 0.5) is 17.6 Å². The van der Waals surface area contributed by atoms with Crippen molar-refractivity contribution < 1.29 is 22.3 Å². The van der Waals surface area contributed by atoms with E-state index in [0.29, 0.717) is 12.2 Å². The molecule has 1 aromatic heterocycles. The molecule has 0 spiro atoms. The fourth-order valence-electron chi connectivity index (χ4n) is 1.59. The highest BCUT2D eigenvalue weighted by atomic mass is 35.5. The molecule has 1 unspecified atom stereocenters. The average Bonchev–Trinajstić information content (AvgIpc) is 2.70. The van der Waals surface area contributed by atoms with Crippen LogP contribution in [0, 0.1) is 0 Å². The summed E-state index contributed by atoms with van der Waals surface area (Å²) in [6.07, 6.45) is -1.60. The number of hydrogen-bond acceptors (Lipinski definition) is 3. The highest BCUT2D eigenvalue weighted by Gasteiger charge is 2.41. The third-order valence-corrected chi connectivity index (χ3v) is 2.82. The predicted molar refractivity (Wildman–Crippen MR) is 66.2 cm³/mol. The Hall–Kier alpha value is -0.860. The molecule has 20 heavy (non-hydrogen) atoms. The summed E-state index contributed by atoms with van der Waals surface area (Å²) in [5.41, 5.74) is 6.21. The Morgan fingerprint density at radius 2 is 2.15 bits per heavy atom. The van der Waals surface area contributed by atoms with Crippen LogP contribution in [0.25, 0.3) is 0 Å². The Labute approximate surface area is 118 Å². The van der Waals surface area contributed by atoms with Gasteiger partial charge in [-0.15, -0.1) is 0 Å². The number of rotatable bonds is 8. The zero-order valence-corrected chi connectivity index (χ0v) is 11.6. The van der Waals surface area contributed by atoms with Gasteiger partial charge in [0.2, 0.25) is 0 Å². The van der Waals surface area contributed by atoms with Gasteiger partial charge in [-0.05, 0) is 6.42 Å².